The van der Waals surface area contributed by atoms with E-state index in [0.29, 0.717) is 5.91 Å². The minimum Gasteiger partial charge on any atom is -0.338 e. The Morgan fingerprint density at radius 3 is 2.25 bits per heavy atom. The van der Waals surface area contributed by atoms with E-state index in [2.05, 4.69) is 62.4 Å². The van der Waals surface area contributed by atoms with Crippen LogP contribution in [0.3, 0.4) is 0 Å². The van der Waals surface area contributed by atoms with Crippen LogP contribution < -0.4 is 4.90 Å². The number of carbonyl (C=O) groups excluding carboxylic acids is 1. The molecule has 148 valence electrons. The van der Waals surface area contributed by atoms with Gasteiger partial charge in [0, 0.05) is 31.8 Å². The third kappa shape index (κ3) is 5.80. The van der Waals surface area contributed by atoms with E-state index >= 15 is 0 Å². The van der Waals surface area contributed by atoms with Gasteiger partial charge in [0.25, 0.3) is 0 Å². The quantitative estimate of drug-likeness (QED) is 0.786. The predicted octanol–water partition coefficient (Wildman–Crippen LogP) is 3.43. The number of nitrogens with zero attached hydrogens (tertiary/aromatic N) is 1. The van der Waals surface area contributed by atoms with Crippen molar-refractivity contribution in [1.29, 1.82) is 0 Å². The molecule has 2 aromatic rings. The first-order chi connectivity index (χ1) is 13.7. The first-order valence-electron chi connectivity index (χ1n) is 10.5. The van der Waals surface area contributed by atoms with Gasteiger partial charge in [-0.1, -0.05) is 66.7 Å². The Labute approximate surface area is 169 Å². The molecule has 3 rings (SSSR count). The molecule has 0 saturated carbocycles. The summed E-state index contributed by atoms with van der Waals surface area (Å²) in [5.41, 5.74) is 3.89. The molecule has 2 aromatic carbocycles. The van der Waals surface area contributed by atoms with Crippen LogP contribution in [0.25, 0.3) is 6.08 Å². The van der Waals surface area contributed by atoms with Gasteiger partial charge in [0.05, 0.1) is 19.6 Å². The molecule has 0 atom stereocenters. The van der Waals surface area contributed by atoms with Gasteiger partial charge in [0.15, 0.2) is 0 Å². The van der Waals surface area contributed by atoms with Gasteiger partial charge in [-0.3, -0.25) is 4.79 Å². The molecule has 0 spiro atoms. The number of likely N-dealkylation sites (tertiary alicyclic amines) is 1. The second-order valence-corrected chi connectivity index (χ2v) is 7.94. The molecule has 0 unspecified atom stereocenters. The Morgan fingerprint density at radius 2 is 1.64 bits per heavy atom. The van der Waals surface area contributed by atoms with Crippen molar-refractivity contribution >= 4 is 12.0 Å². The highest BCUT2D eigenvalue weighted by Crippen LogP contribution is 2.16. The zero-order valence-corrected chi connectivity index (χ0v) is 17.2. The summed E-state index contributed by atoms with van der Waals surface area (Å²) < 4.78 is 0. The van der Waals surface area contributed by atoms with Gasteiger partial charge in [-0.05, 0) is 30.5 Å². The molecule has 1 heterocycles. The Morgan fingerprint density at radius 1 is 1.04 bits per heavy atom. The molecule has 1 aliphatic heterocycles. The molecule has 28 heavy (non-hydrogen) atoms. The minimum absolute atomic E-state index is 0.186. The van der Waals surface area contributed by atoms with Crippen LogP contribution in [0, 0.1) is 5.92 Å². The lowest BCUT2D eigenvalue weighted by molar-refractivity contribution is -0.901. The Bertz CT molecular complexity index is 762. The lowest BCUT2D eigenvalue weighted by atomic mass is 9.94. The van der Waals surface area contributed by atoms with Crippen molar-refractivity contribution in [3.8, 4) is 0 Å². The average molecular weight is 378 g/mol. The maximum absolute atomic E-state index is 13.0. The van der Waals surface area contributed by atoms with E-state index < -0.39 is 0 Å². The SMILES string of the molecule is CCN(Cc1ccccc1)C(=O)C1CC[NH+](C/C(C)=C/c2ccccc2)CC1. The molecule has 0 bridgehead atoms. The van der Waals surface area contributed by atoms with Crippen LogP contribution in [0.1, 0.15) is 37.8 Å². The maximum Gasteiger partial charge on any atom is 0.226 e. The number of quaternary nitrogens is 1. The largest absolute Gasteiger partial charge is 0.338 e. The number of hydrogen-bond donors (Lipinski definition) is 1. The average Bonchev–Trinajstić information content (AvgIpc) is 2.73. The first kappa shape index (κ1) is 20.3. The van der Waals surface area contributed by atoms with Crippen LogP contribution >= 0.6 is 0 Å². The molecule has 1 fully saturated rings. The number of piperidine rings is 1. The van der Waals surface area contributed by atoms with Gasteiger partial charge in [0.2, 0.25) is 5.91 Å². The predicted molar refractivity (Wildman–Crippen MR) is 116 cm³/mol. The van der Waals surface area contributed by atoms with E-state index in [-0.39, 0.29) is 5.92 Å². The molecule has 0 radical (unpaired) electrons. The Kier molecular flexibility index (Phi) is 7.44. The fraction of sp³-hybridized carbons (Fsp3) is 0.400. The van der Waals surface area contributed by atoms with Crippen molar-refractivity contribution in [1.82, 2.24) is 4.90 Å². The van der Waals surface area contributed by atoms with Gasteiger partial charge < -0.3 is 9.80 Å². The smallest absolute Gasteiger partial charge is 0.226 e. The van der Waals surface area contributed by atoms with Crippen LogP contribution in [-0.4, -0.2) is 37.0 Å². The number of benzene rings is 2. The van der Waals surface area contributed by atoms with E-state index in [1.54, 1.807) is 4.90 Å². The number of nitrogens with one attached hydrogen (secondary N) is 1. The molecule has 1 amide bonds. The molecular formula is C25H33N2O+. The molecular weight excluding hydrogens is 344 g/mol. The van der Waals surface area contributed by atoms with Gasteiger partial charge in [0.1, 0.15) is 0 Å². The number of hydrogen-bond acceptors (Lipinski definition) is 1. The Balaban J connectivity index is 1.50. The van der Waals surface area contributed by atoms with Crippen LogP contribution in [-0.2, 0) is 11.3 Å². The summed E-state index contributed by atoms with van der Waals surface area (Å²) in [6.07, 6.45) is 4.28. The van der Waals surface area contributed by atoms with Crippen molar-refractivity contribution < 1.29 is 9.69 Å². The fourth-order valence-electron chi connectivity index (χ4n) is 4.14. The lowest BCUT2D eigenvalue weighted by Crippen LogP contribution is -3.13. The van der Waals surface area contributed by atoms with Crippen molar-refractivity contribution in [2.75, 3.05) is 26.2 Å². The normalized spacial score (nSPS) is 20.0. The van der Waals surface area contributed by atoms with E-state index in [1.165, 1.54) is 16.7 Å². The number of rotatable bonds is 7. The summed E-state index contributed by atoms with van der Waals surface area (Å²) in [4.78, 5) is 16.6. The second kappa shape index (κ2) is 10.2. The second-order valence-electron chi connectivity index (χ2n) is 7.94. The summed E-state index contributed by atoms with van der Waals surface area (Å²) in [5, 5.41) is 0. The van der Waals surface area contributed by atoms with Crippen molar-refractivity contribution in [3.63, 3.8) is 0 Å². The minimum atomic E-state index is 0.186. The van der Waals surface area contributed by atoms with Gasteiger partial charge in [-0.25, -0.2) is 0 Å². The molecule has 0 aliphatic carbocycles. The van der Waals surface area contributed by atoms with E-state index in [0.717, 1.165) is 45.6 Å². The highest BCUT2D eigenvalue weighted by Gasteiger charge is 2.30. The van der Waals surface area contributed by atoms with E-state index in [4.69, 9.17) is 0 Å². The highest BCUT2D eigenvalue weighted by molar-refractivity contribution is 5.78. The van der Waals surface area contributed by atoms with E-state index in [9.17, 15) is 4.79 Å². The summed E-state index contributed by atoms with van der Waals surface area (Å²) >= 11 is 0. The molecule has 0 aromatic heterocycles. The topological polar surface area (TPSA) is 24.8 Å². The van der Waals surface area contributed by atoms with Crippen LogP contribution in [0.15, 0.2) is 66.2 Å². The fourth-order valence-corrected chi connectivity index (χ4v) is 4.14. The molecule has 1 saturated heterocycles. The molecule has 3 nitrogen and oxygen atoms in total. The van der Waals surface area contributed by atoms with E-state index in [1.807, 2.05) is 23.1 Å². The maximum atomic E-state index is 13.0. The van der Waals surface area contributed by atoms with Crippen LogP contribution in [0.4, 0.5) is 0 Å². The van der Waals surface area contributed by atoms with Crippen LogP contribution in [0.5, 0.6) is 0 Å². The molecule has 1 N–H and O–H groups in total. The van der Waals surface area contributed by atoms with Crippen molar-refractivity contribution in [2.45, 2.75) is 33.2 Å². The summed E-state index contributed by atoms with van der Waals surface area (Å²) in [6.45, 7) is 9.03. The zero-order valence-electron chi connectivity index (χ0n) is 17.2. The standard InChI is InChI=1S/C25H32N2O/c1-3-27(20-23-12-8-5-9-13-23)25(28)24-14-16-26(17-15-24)19-21(2)18-22-10-6-4-7-11-22/h4-13,18,24H,3,14-17,19-20H2,1-2H3/p+1/b21-18+. The monoisotopic (exact) mass is 377 g/mol. The third-order valence-corrected chi connectivity index (χ3v) is 5.69. The summed E-state index contributed by atoms with van der Waals surface area (Å²) in [5.74, 6) is 0.521. The number of carbonyl (C=O) groups is 1. The van der Waals surface area contributed by atoms with Gasteiger partial charge in [-0.15, -0.1) is 0 Å². The zero-order chi connectivity index (χ0) is 19.8. The lowest BCUT2D eigenvalue weighted by Gasteiger charge is -2.32. The Hall–Kier alpha value is -2.39. The summed E-state index contributed by atoms with van der Waals surface area (Å²) in [6, 6.07) is 20.8. The van der Waals surface area contributed by atoms with Gasteiger partial charge >= 0.3 is 0 Å². The van der Waals surface area contributed by atoms with Crippen molar-refractivity contribution in [3.05, 3.63) is 77.4 Å². The molecule has 1 aliphatic rings. The third-order valence-electron chi connectivity index (χ3n) is 5.69. The molecule has 3 heteroatoms. The first-order valence-corrected chi connectivity index (χ1v) is 10.5. The number of amides is 1. The summed E-state index contributed by atoms with van der Waals surface area (Å²) in [7, 11) is 0. The van der Waals surface area contributed by atoms with Crippen LogP contribution in [0.2, 0.25) is 0 Å². The van der Waals surface area contributed by atoms with Crippen molar-refractivity contribution in [2.24, 2.45) is 5.92 Å². The highest BCUT2D eigenvalue weighted by atomic mass is 16.2. The van der Waals surface area contributed by atoms with Gasteiger partial charge in [-0.2, -0.15) is 0 Å².